The number of phenols is 1. The van der Waals surface area contributed by atoms with Gasteiger partial charge in [-0.1, -0.05) is 36.5 Å². The van der Waals surface area contributed by atoms with Crippen molar-refractivity contribution in [3.8, 4) is 17.1 Å². The second-order valence-electron chi connectivity index (χ2n) is 5.22. The van der Waals surface area contributed by atoms with Gasteiger partial charge in [0.2, 0.25) is 0 Å². The lowest BCUT2D eigenvalue weighted by molar-refractivity contribution is 0.477. The first-order valence-electron chi connectivity index (χ1n) is 7.06. The number of aromatic nitrogens is 4. The molecule has 0 atom stereocenters. The molecular formula is C15H14Cl2N4O2. The summed E-state index contributed by atoms with van der Waals surface area (Å²) in [6.45, 7) is 2.02. The third kappa shape index (κ3) is 2.68. The predicted octanol–water partition coefficient (Wildman–Crippen LogP) is 3.29. The lowest BCUT2D eigenvalue weighted by atomic mass is 10.1. The van der Waals surface area contributed by atoms with E-state index < -0.39 is 0 Å². The first-order valence-corrected chi connectivity index (χ1v) is 7.82. The molecule has 0 radical (unpaired) electrons. The predicted molar refractivity (Wildman–Crippen MR) is 90.2 cm³/mol. The summed E-state index contributed by atoms with van der Waals surface area (Å²) in [4.78, 5) is 19.5. The Morgan fingerprint density at radius 2 is 2.09 bits per heavy atom. The van der Waals surface area contributed by atoms with Crippen LogP contribution in [0.4, 0.5) is 0 Å². The second-order valence-corrected chi connectivity index (χ2v) is 6.06. The number of benzene rings is 1. The van der Waals surface area contributed by atoms with E-state index >= 15 is 0 Å². The Morgan fingerprint density at radius 1 is 1.35 bits per heavy atom. The summed E-state index contributed by atoms with van der Waals surface area (Å²) in [7, 11) is 1.70. The summed E-state index contributed by atoms with van der Waals surface area (Å²) in [5, 5.41) is 14.9. The number of nitrogens with zero attached hydrogens (tertiary/aromatic N) is 3. The first-order chi connectivity index (χ1) is 10.9. The number of nitrogens with one attached hydrogen (secondary N) is 1. The minimum atomic E-state index is -0.335. The molecule has 0 spiro atoms. The number of hydrogen-bond acceptors (Lipinski definition) is 4. The summed E-state index contributed by atoms with van der Waals surface area (Å²) in [6.07, 6.45) is 1.58. The molecule has 2 heterocycles. The van der Waals surface area contributed by atoms with Crippen LogP contribution in [-0.4, -0.2) is 24.9 Å². The summed E-state index contributed by atoms with van der Waals surface area (Å²) in [5.74, 6) is 0.0225. The molecule has 3 aromatic rings. The zero-order valence-corrected chi connectivity index (χ0v) is 14.0. The van der Waals surface area contributed by atoms with E-state index in [4.69, 9.17) is 23.2 Å². The van der Waals surface area contributed by atoms with E-state index in [1.807, 2.05) is 6.92 Å². The Balaban J connectivity index is 2.32. The molecule has 1 aromatic carbocycles. The number of halogens is 2. The maximum absolute atomic E-state index is 12.4. The molecule has 6 nitrogen and oxygen atoms in total. The zero-order chi connectivity index (χ0) is 16.7. The maximum Gasteiger partial charge on any atom is 0.277 e. The van der Waals surface area contributed by atoms with Gasteiger partial charge in [-0.25, -0.2) is 4.98 Å². The van der Waals surface area contributed by atoms with Gasteiger partial charge in [0.1, 0.15) is 17.1 Å². The van der Waals surface area contributed by atoms with Crippen molar-refractivity contribution in [1.29, 1.82) is 0 Å². The Labute approximate surface area is 141 Å². The van der Waals surface area contributed by atoms with Crippen LogP contribution in [0.1, 0.15) is 19.0 Å². The molecule has 2 aromatic heterocycles. The van der Waals surface area contributed by atoms with Gasteiger partial charge in [-0.3, -0.25) is 9.48 Å². The van der Waals surface area contributed by atoms with Gasteiger partial charge in [0, 0.05) is 12.1 Å². The van der Waals surface area contributed by atoms with Crippen molar-refractivity contribution in [2.75, 3.05) is 0 Å². The van der Waals surface area contributed by atoms with Crippen molar-refractivity contribution in [3.63, 3.8) is 0 Å². The largest absolute Gasteiger partial charge is 0.506 e. The molecule has 3 rings (SSSR count). The minimum Gasteiger partial charge on any atom is -0.506 e. The molecule has 23 heavy (non-hydrogen) atoms. The number of hydrogen-bond donors (Lipinski definition) is 2. The topological polar surface area (TPSA) is 83.8 Å². The van der Waals surface area contributed by atoms with Crippen LogP contribution >= 0.6 is 23.2 Å². The van der Waals surface area contributed by atoms with Gasteiger partial charge in [0.15, 0.2) is 5.52 Å². The van der Waals surface area contributed by atoms with Gasteiger partial charge in [-0.15, -0.1) is 0 Å². The first kappa shape index (κ1) is 15.8. The number of aromatic amines is 1. The fraction of sp³-hybridized carbons (Fsp3) is 0.267. The van der Waals surface area contributed by atoms with Gasteiger partial charge in [-0.05, 0) is 18.6 Å². The smallest absolute Gasteiger partial charge is 0.277 e. The van der Waals surface area contributed by atoms with E-state index in [1.54, 1.807) is 7.05 Å². The number of aromatic hydroxyl groups is 1. The third-order valence-electron chi connectivity index (χ3n) is 3.53. The van der Waals surface area contributed by atoms with Crippen LogP contribution in [0, 0.1) is 0 Å². The van der Waals surface area contributed by atoms with Crippen LogP contribution in [0.5, 0.6) is 5.75 Å². The fourth-order valence-electron chi connectivity index (χ4n) is 2.53. The molecule has 0 unspecified atom stereocenters. The van der Waals surface area contributed by atoms with E-state index in [1.165, 1.54) is 16.8 Å². The van der Waals surface area contributed by atoms with Crippen LogP contribution in [0.15, 0.2) is 16.9 Å². The fourth-order valence-corrected chi connectivity index (χ4v) is 3.02. The number of phenolic OH excluding ortho intramolecular Hbond substituents is 1. The van der Waals surface area contributed by atoms with E-state index in [-0.39, 0.29) is 27.7 Å². The number of H-pyrrole nitrogens is 1. The number of rotatable bonds is 3. The Hall–Kier alpha value is -2.05. The average Bonchev–Trinajstić information content (AvgIpc) is 2.80. The van der Waals surface area contributed by atoms with Crippen LogP contribution in [0.3, 0.4) is 0 Å². The van der Waals surface area contributed by atoms with E-state index in [0.29, 0.717) is 22.5 Å². The summed E-state index contributed by atoms with van der Waals surface area (Å²) < 4.78 is 1.51. The molecule has 0 aliphatic carbocycles. The second kappa shape index (κ2) is 5.86. The molecule has 0 aliphatic heterocycles. The standard InChI is InChI=1S/C15H14Cl2N4O2/c1-3-4-10-11-12(21(2)20-10)15(23)19-14(18-11)8-5-7(16)6-9(17)13(8)22/h5-6,22H,3-4H2,1-2H3,(H,18,19,23). The van der Waals surface area contributed by atoms with Crippen molar-refractivity contribution in [1.82, 2.24) is 19.7 Å². The van der Waals surface area contributed by atoms with Crippen molar-refractivity contribution < 1.29 is 5.11 Å². The highest BCUT2D eigenvalue weighted by Crippen LogP contribution is 2.36. The van der Waals surface area contributed by atoms with E-state index in [9.17, 15) is 9.90 Å². The van der Waals surface area contributed by atoms with Gasteiger partial charge in [0.05, 0.1) is 16.3 Å². The highest BCUT2D eigenvalue weighted by atomic mass is 35.5. The molecule has 0 amide bonds. The Morgan fingerprint density at radius 3 is 2.78 bits per heavy atom. The number of fused-ring (bicyclic) bond motifs is 1. The van der Waals surface area contributed by atoms with E-state index in [2.05, 4.69) is 15.1 Å². The molecule has 0 aliphatic rings. The SMILES string of the molecule is CCCc1nn(C)c2c(=O)[nH]c(-c3cc(Cl)cc(Cl)c3O)nc12. The molecule has 0 saturated heterocycles. The summed E-state index contributed by atoms with van der Waals surface area (Å²) in [5.41, 5.74) is 1.59. The lowest BCUT2D eigenvalue weighted by Crippen LogP contribution is -2.12. The monoisotopic (exact) mass is 352 g/mol. The molecule has 2 N–H and O–H groups in total. The normalized spacial score (nSPS) is 11.3. The highest BCUT2D eigenvalue weighted by Gasteiger charge is 2.18. The van der Waals surface area contributed by atoms with Crippen LogP contribution < -0.4 is 5.56 Å². The zero-order valence-electron chi connectivity index (χ0n) is 12.5. The van der Waals surface area contributed by atoms with Crippen LogP contribution in [0.25, 0.3) is 22.4 Å². The van der Waals surface area contributed by atoms with Crippen molar-refractivity contribution >= 4 is 34.2 Å². The Kier molecular flexibility index (Phi) is 4.04. The molecular weight excluding hydrogens is 339 g/mol. The highest BCUT2D eigenvalue weighted by molar-refractivity contribution is 6.36. The summed E-state index contributed by atoms with van der Waals surface area (Å²) in [6, 6.07) is 2.92. The average molecular weight is 353 g/mol. The van der Waals surface area contributed by atoms with Crippen molar-refractivity contribution in [2.24, 2.45) is 7.05 Å². The molecule has 8 heteroatoms. The van der Waals surface area contributed by atoms with Crippen molar-refractivity contribution in [2.45, 2.75) is 19.8 Å². The molecule has 0 saturated carbocycles. The van der Waals surface area contributed by atoms with Gasteiger partial charge >= 0.3 is 0 Å². The van der Waals surface area contributed by atoms with E-state index in [0.717, 1.165) is 12.1 Å². The molecule has 0 bridgehead atoms. The minimum absolute atomic E-state index is 0.0928. The quantitative estimate of drug-likeness (QED) is 0.757. The van der Waals surface area contributed by atoms with Crippen LogP contribution in [0.2, 0.25) is 10.0 Å². The number of aryl methyl sites for hydroxylation is 2. The lowest BCUT2D eigenvalue weighted by Gasteiger charge is -2.07. The van der Waals surface area contributed by atoms with Crippen molar-refractivity contribution in [3.05, 3.63) is 38.2 Å². The third-order valence-corrected chi connectivity index (χ3v) is 4.04. The summed E-state index contributed by atoms with van der Waals surface area (Å²) >= 11 is 11.9. The van der Waals surface area contributed by atoms with Crippen LogP contribution in [-0.2, 0) is 13.5 Å². The molecule has 120 valence electrons. The van der Waals surface area contributed by atoms with Gasteiger partial charge in [0.25, 0.3) is 5.56 Å². The maximum atomic E-state index is 12.4. The van der Waals surface area contributed by atoms with Gasteiger partial charge < -0.3 is 10.1 Å². The molecule has 0 fully saturated rings. The van der Waals surface area contributed by atoms with Gasteiger partial charge in [-0.2, -0.15) is 5.10 Å². The Bertz CT molecular complexity index is 962.